The van der Waals surface area contributed by atoms with Crippen LogP contribution in [0.3, 0.4) is 0 Å². The standard InChI is InChI=1S/C22H46O7Si2.C19H30O12.CH4O.CH4/c1-13-14(2)17(11-23)25-21(15(13)3)27-22-16(4)19(28-30(5,6)7)20(18(12-24)26-22)29-31(8,9)10;1-2-3-4-5-6-11(21)28-8-10-13(23)15(25)17(27)19(30-10)31-18-16(26)14(24)12(22)9(7-20)29-18;1-2;/h13-24H,11-12H2,1-10H3;1,9-10,12-20,22-27H,3-8H2;2H,1H3;1H4/t13-,14-,15?,16+,17?,18?,19?,20+,21+,22+;9?,10?,12-,13-,14?,15+,16-,17?,18-,19-;;/m01../s1. The summed E-state index contributed by atoms with van der Waals surface area (Å²) in [6.45, 7) is 20.0. The van der Waals surface area contributed by atoms with Gasteiger partial charge in [0.15, 0.2) is 41.8 Å². The molecular weight excluding hydrogens is 893 g/mol. The first-order valence-corrected chi connectivity index (χ1v) is 28.9. The molecule has 0 amide bonds. The Kier molecular flexibility index (Phi) is 27.0. The summed E-state index contributed by atoms with van der Waals surface area (Å²) >= 11 is 0. The lowest BCUT2D eigenvalue weighted by Gasteiger charge is -2.50. The van der Waals surface area contributed by atoms with Crippen LogP contribution in [0.25, 0.3) is 0 Å². The second kappa shape index (κ2) is 28.4. The zero-order chi connectivity index (χ0) is 48.9. The molecule has 4 heterocycles. The zero-order valence-corrected chi connectivity index (χ0v) is 41.3. The second-order valence-electron chi connectivity index (χ2n) is 18.9. The molecule has 0 radical (unpaired) electrons. The molecule has 0 saturated carbocycles. The Bertz CT molecular complexity index is 1380. The number of terminal acetylenes is 1. The highest BCUT2D eigenvalue weighted by atomic mass is 28.4. The maximum absolute atomic E-state index is 11.8. The summed E-state index contributed by atoms with van der Waals surface area (Å²) in [4.78, 5) is 11.8. The van der Waals surface area contributed by atoms with E-state index in [-0.39, 0.29) is 63.1 Å². The van der Waals surface area contributed by atoms with Gasteiger partial charge >= 0.3 is 5.97 Å². The molecule has 4 saturated heterocycles. The van der Waals surface area contributed by atoms with Gasteiger partial charge < -0.3 is 93.1 Å². The quantitative estimate of drug-likeness (QED) is 0.0398. The van der Waals surface area contributed by atoms with Gasteiger partial charge in [0, 0.05) is 31.8 Å². The van der Waals surface area contributed by atoms with Crippen LogP contribution in [-0.2, 0) is 46.8 Å². The molecule has 0 aliphatic carbocycles. The minimum Gasteiger partial charge on any atom is -0.463 e. The van der Waals surface area contributed by atoms with Crippen LogP contribution >= 0.6 is 0 Å². The van der Waals surface area contributed by atoms with Crippen LogP contribution in [0.15, 0.2) is 0 Å². The van der Waals surface area contributed by atoms with Gasteiger partial charge in [0.25, 0.3) is 0 Å². The molecule has 0 aromatic heterocycles. The summed E-state index contributed by atoms with van der Waals surface area (Å²) < 4.78 is 52.7. The third-order valence-electron chi connectivity index (χ3n) is 11.7. The van der Waals surface area contributed by atoms with Crippen molar-refractivity contribution in [3.63, 3.8) is 0 Å². The Morgan fingerprint density at radius 1 is 0.554 bits per heavy atom. The lowest BCUT2D eigenvalue weighted by Crippen LogP contribution is -2.63. The molecule has 0 aromatic carbocycles. The van der Waals surface area contributed by atoms with Gasteiger partial charge in [-0.15, -0.1) is 12.3 Å². The van der Waals surface area contributed by atoms with E-state index < -0.39 is 116 Å². The fraction of sp³-hybridized carbons (Fsp3) is 0.930. The van der Waals surface area contributed by atoms with E-state index >= 15 is 0 Å². The predicted molar refractivity (Wildman–Crippen MR) is 240 cm³/mol. The van der Waals surface area contributed by atoms with Crippen molar-refractivity contribution < 1.29 is 97.9 Å². The van der Waals surface area contributed by atoms with Gasteiger partial charge in [0.05, 0.1) is 38.1 Å². The van der Waals surface area contributed by atoms with E-state index in [0.717, 1.165) is 7.11 Å². The normalized spacial score (nSPS) is 39.9. The van der Waals surface area contributed by atoms with E-state index in [0.29, 0.717) is 25.2 Å². The average Bonchev–Trinajstić information content (AvgIpc) is 3.24. The summed E-state index contributed by atoms with van der Waals surface area (Å²) in [6.07, 6.45) is -11.6. The number of aliphatic hydroxyl groups excluding tert-OH is 10. The first-order chi connectivity index (χ1) is 29.9. The molecule has 20 atom stereocenters. The highest BCUT2D eigenvalue weighted by Crippen LogP contribution is 2.40. The van der Waals surface area contributed by atoms with E-state index in [4.69, 9.17) is 53.5 Å². The van der Waals surface area contributed by atoms with E-state index in [2.05, 4.69) is 72.9 Å². The number of ether oxygens (including phenoxy) is 7. The third-order valence-corrected chi connectivity index (χ3v) is 13.6. The SMILES string of the molecule is C.C#CCCCCC(=O)OCC1O[C@H](O[C@H]2OC(CO)[C@@H](O)C(O)[C@H]2O)C(O)[C@@H](O)[C@@H]1O.CC1[C@@H](O[C@H]2OC(CO)[C@@H](O[Si](C)(C)C)C(O[Si](C)(C)C)[C@H]2C)OC(CO)[C@@H](C)[C@@H]1C.CO. The number of hydrogen-bond donors (Lipinski definition) is 10. The topological polar surface area (TPSA) is 302 Å². The van der Waals surface area contributed by atoms with Crippen LogP contribution in [0, 0.1) is 36.0 Å². The predicted octanol–water partition coefficient (Wildman–Crippen LogP) is 0.0139. The van der Waals surface area contributed by atoms with E-state index in [1.54, 1.807) is 0 Å². The highest BCUT2D eigenvalue weighted by molar-refractivity contribution is 6.70. The lowest BCUT2D eigenvalue weighted by atomic mass is 9.79. The first-order valence-electron chi connectivity index (χ1n) is 22.1. The molecule has 22 heteroatoms. The van der Waals surface area contributed by atoms with Crippen LogP contribution in [0.4, 0.5) is 0 Å². The number of hydrogen-bond acceptors (Lipinski definition) is 20. The third kappa shape index (κ3) is 17.9. The monoisotopic (exact) mass is 977 g/mol. The maximum atomic E-state index is 11.8. The smallest absolute Gasteiger partial charge is 0.305 e. The number of rotatable bonds is 17. The Morgan fingerprint density at radius 3 is 1.48 bits per heavy atom. The molecule has 384 valence electrons. The minimum atomic E-state index is -1.90. The van der Waals surface area contributed by atoms with Crippen LogP contribution < -0.4 is 0 Å². The van der Waals surface area contributed by atoms with Gasteiger partial charge in [0.1, 0.15) is 61.5 Å². The molecule has 65 heavy (non-hydrogen) atoms. The lowest BCUT2D eigenvalue weighted by molar-refractivity contribution is -0.376. The molecule has 8 unspecified atom stereocenters. The summed E-state index contributed by atoms with van der Waals surface area (Å²) in [5.41, 5.74) is 0. The van der Waals surface area contributed by atoms with Crippen molar-refractivity contribution >= 4 is 22.6 Å². The molecule has 0 aromatic rings. The molecule has 0 spiro atoms. The van der Waals surface area contributed by atoms with E-state index in [1.165, 1.54) is 0 Å². The summed E-state index contributed by atoms with van der Waals surface area (Å²) in [5.74, 6) is 2.50. The average molecular weight is 977 g/mol. The fourth-order valence-corrected chi connectivity index (χ4v) is 9.95. The van der Waals surface area contributed by atoms with Crippen LogP contribution in [0.2, 0.25) is 39.3 Å². The van der Waals surface area contributed by atoms with Crippen LogP contribution in [-0.4, -0.2) is 206 Å². The molecule has 4 aliphatic rings. The van der Waals surface area contributed by atoms with Crippen molar-refractivity contribution in [2.24, 2.45) is 23.7 Å². The van der Waals surface area contributed by atoms with Crippen molar-refractivity contribution in [3.8, 4) is 12.3 Å². The Balaban J connectivity index is 0.000000617. The van der Waals surface area contributed by atoms with Gasteiger partial charge in [0.2, 0.25) is 0 Å². The summed E-state index contributed by atoms with van der Waals surface area (Å²) in [5, 5.41) is 96.1. The highest BCUT2D eigenvalue weighted by Gasteiger charge is 2.52. The van der Waals surface area contributed by atoms with E-state index in [1.807, 2.05) is 0 Å². The van der Waals surface area contributed by atoms with Crippen molar-refractivity contribution in [1.82, 2.24) is 0 Å². The number of carbonyl (C=O) groups excluding carboxylic acids is 1. The molecule has 4 rings (SSSR count). The number of unbranched alkanes of at least 4 members (excludes halogenated alkanes) is 2. The van der Waals surface area contributed by atoms with Crippen molar-refractivity contribution in [2.75, 3.05) is 33.5 Å². The van der Waals surface area contributed by atoms with Crippen LogP contribution in [0.5, 0.6) is 0 Å². The Hall–Kier alpha value is -1.26. The minimum absolute atomic E-state index is 0. The molecular formula is C43H84O20Si2. The summed E-state index contributed by atoms with van der Waals surface area (Å²) in [6, 6.07) is 0. The Morgan fingerprint density at radius 2 is 0.985 bits per heavy atom. The van der Waals surface area contributed by atoms with Gasteiger partial charge in [-0.1, -0.05) is 35.1 Å². The van der Waals surface area contributed by atoms with Gasteiger partial charge in [-0.2, -0.15) is 0 Å². The zero-order valence-electron chi connectivity index (χ0n) is 39.3. The largest absolute Gasteiger partial charge is 0.463 e. The van der Waals surface area contributed by atoms with Crippen molar-refractivity contribution in [2.45, 2.75) is 198 Å². The number of aliphatic hydroxyl groups is 10. The van der Waals surface area contributed by atoms with Crippen molar-refractivity contribution in [3.05, 3.63) is 0 Å². The molecule has 4 fully saturated rings. The van der Waals surface area contributed by atoms with Crippen LogP contribution in [0.1, 0.15) is 60.8 Å². The first kappa shape index (κ1) is 61.8. The molecule has 20 nitrogen and oxygen atoms in total. The fourth-order valence-electron chi connectivity index (χ4n) is 7.68. The van der Waals surface area contributed by atoms with Gasteiger partial charge in [-0.05, 0) is 64.0 Å². The van der Waals surface area contributed by atoms with Gasteiger partial charge in [-0.25, -0.2) is 0 Å². The number of carbonyl (C=O) groups is 1. The molecule has 10 N–H and O–H groups in total. The van der Waals surface area contributed by atoms with Crippen molar-refractivity contribution in [1.29, 1.82) is 0 Å². The Labute approximate surface area is 387 Å². The molecule has 0 bridgehead atoms. The van der Waals surface area contributed by atoms with E-state index in [9.17, 15) is 50.8 Å². The summed E-state index contributed by atoms with van der Waals surface area (Å²) in [7, 11) is -2.80. The van der Waals surface area contributed by atoms with Gasteiger partial charge in [-0.3, -0.25) is 4.79 Å². The second-order valence-corrected chi connectivity index (χ2v) is 27.8. The number of esters is 1. The maximum Gasteiger partial charge on any atom is 0.305 e. The molecule has 4 aliphatic heterocycles.